The van der Waals surface area contributed by atoms with Crippen LogP contribution in [0.1, 0.15) is 26.5 Å². The van der Waals surface area contributed by atoms with Gasteiger partial charge in [-0.2, -0.15) is 28.5 Å². The maximum Gasteiger partial charge on any atom is 0.434 e. The molecule has 5 aromatic heterocycles. The van der Waals surface area contributed by atoms with Gasteiger partial charge < -0.3 is 11.1 Å². The first-order valence-electron chi connectivity index (χ1n) is 9.80. The molecule has 11 nitrogen and oxygen atoms in total. The molecule has 0 spiro atoms. The molecular formula is C20H11ClF3N9O2S. The molecule has 2 amide bonds. The zero-order valence-corrected chi connectivity index (χ0v) is 19.1. The lowest BCUT2D eigenvalue weighted by molar-refractivity contribution is -0.143. The van der Waals surface area contributed by atoms with Gasteiger partial charge in [-0.3, -0.25) is 9.59 Å². The number of nitrogens with two attached hydrogens (primary N) is 1. The number of amides is 2. The Kier molecular flexibility index (Phi) is 5.64. The van der Waals surface area contributed by atoms with E-state index in [0.717, 1.165) is 28.5 Å². The van der Waals surface area contributed by atoms with Gasteiger partial charge in [0, 0.05) is 5.39 Å². The fourth-order valence-electron chi connectivity index (χ4n) is 3.43. The number of halogens is 4. The number of anilines is 1. The second kappa shape index (κ2) is 8.69. The van der Waals surface area contributed by atoms with Crippen LogP contribution in [0, 0.1) is 0 Å². The molecule has 36 heavy (non-hydrogen) atoms. The molecule has 0 aliphatic carbocycles. The van der Waals surface area contributed by atoms with E-state index in [1.165, 1.54) is 30.7 Å². The zero-order valence-electron chi connectivity index (χ0n) is 17.6. The van der Waals surface area contributed by atoms with Crippen LogP contribution in [0.4, 0.5) is 18.9 Å². The third kappa shape index (κ3) is 4.03. The van der Waals surface area contributed by atoms with Crippen LogP contribution in [-0.4, -0.2) is 46.6 Å². The standard InChI is InChI=1S/C20H11ClF3N9O2S/c21-12-5-9(6-27-18(12)33-28-2-3-29-33)31-19(35)11-7-30-32(16(11)20(22,23)24)13-8-26-14(17(25)34)15-10(13)1-4-36-15/h1-8H,(H2,25,34)(H,31,35). The minimum Gasteiger partial charge on any atom is -0.364 e. The van der Waals surface area contributed by atoms with Gasteiger partial charge in [0.05, 0.1) is 57.6 Å². The molecule has 0 radical (unpaired) electrons. The highest BCUT2D eigenvalue weighted by atomic mass is 35.5. The van der Waals surface area contributed by atoms with Crippen LogP contribution in [-0.2, 0) is 6.18 Å². The van der Waals surface area contributed by atoms with Gasteiger partial charge >= 0.3 is 6.18 Å². The van der Waals surface area contributed by atoms with E-state index in [0.29, 0.717) is 9.38 Å². The Morgan fingerprint density at radius 2 is 1.83 bits per heavy atom. The third-order valence-electron chi connectivity index (χ3n) is 4.90. The number of rotatable bonds is 5. The molecule has 0 atom stereocenters. The van der Waals surface area contributed by atoms with Crippen LogP contribution in [0.2, 0.25) is 5.02 Å². The lowest BCUT2D eigenvalue weighted by Gasteiger charge is -2.14. The van der Waals surface area contributed by atoms with Crippen LogP contribution in [0.15, 0.2) is 48.5 Å². The molecule has 3 N–H and O–H groups in total. The van der Waals surface area contributed by atoms with Gasteiger partial charge in [0.15, 0.2) is 11.5 Å². The van der Waals surface area contributed by atoms with Crippen molar-refractivity contribution in [1.82, 2.24) is 34.7 Å². The summed E-state index contributed by atoms with van der Waals surface area (Å²) in [7, 11) is 0. The van der Waals surface area contributed by atoms with Crippen molar-refractivity contribution >= 4 is 50.5 Å². The van der Waals surface area contributed by atoms with Crippen LogP contribution in [0.5, 0.6) is 0 Å². The number of alkyl halides is 3. The van der Waals surface area contributed by atoms with Crippen molar-refractivity contribution in [3.05, 3.63) is 70.5 Å². The minimum absolute atomic E-state index is 0.0366. The van der Waals surface area contributed by atoms with Crippen molar-refractivity contribution in [2.24, 2.45) is 5.73 Å². The van der Waals surface area contributed by atoms with Gasteiger partial charge in [0.25, 0.3) is 11.8 Å². The first kappa shape index (κ1) is 23.4. The summed E-state index contributed by atoms with van der Waals surface area (Å²) in [4.78, 5) is 33.6. The summed E-state index contributed by atoms with van der Waals surface area (Å²) in [6.07, 6.45) is 0.872. The van der Waals surface area contributed by atoms with Crippen molar-refractivity contribution in [3.8, 4) is 11.5 Å². The third-order valence-corrected chi connectivity index (χ3v) is 6.10. The second-order valence-electron chi connectivity index (χ2n) is 7.14. The Morgan fingerprint density at radius 3 is 2.50 bits per heavy atom. The second-order valence-corrected chi connectivity index (χ2v) is 8.46. The molecule has 0 fully saturated rings. The summed E-state index contributed by atoms with van der Waals surface area (Å²) in [5.41, 5.74) is 3.11. The van der Waals surface area contributed by atoms with Gasteiger partial charge in [0.1, 0.15) is 5.69 Å². The van der Waals surface area contributed by atoms with E-state index >= 15 is 0 Å². The number of carbonyl (C=O) groups is 2. The van der Waals surface area contributed by atoms with Gasteiger partial charge in [-0.15, -0.1) is 16.1 Å². The maximum atomic E-state index is 14.2. The van der Waals surface area contributed by atoms with Crippen molar-refractivity contribution in [3.63, 3.8) is 0 Å². The molecule has 0 saturated heterocycles. The molecule has 0 aromatic carbocycles. The molecule has 0 aliphatic heterocycles. The Bertz CT molecular complexity index is 1630. The maximum absolute atomic E-state index is 14.2. The smallest absolute Gasteiger partial charge is 0.364 e. The number of nitrogens with one attached hydrogen (secondary N) is 1. The van der Waals surface area contributed by atoms with Gasteiger partial charge in [-0.1, -0.05) is 11.6 Å². The first-order valence-corrected chi connectivity index (χ1v) is 11.1. The fraction of sp³-hybridized carbons (Fsp3) is 0.0500. The highest BCUT2D eigenvalue weighted by Gasteiger charge is 2.41. The van der Waals surface area contributed by atoms with Crippen molar-refractivity contribution in [2.45, 2.75) is 6.18 Å². The zero-order chi connectivity index (χ0) is 25.6. The number of hydrogen-bond donors (Lipinski definition) is 2. The van der Waals surface area contributed by atoms with E-state index in [1.54, 1.807) is 5.38 Å². The number of primary amides is 1. The molecule has 182 valence electrons. The Labute approximate surface area is 207 Å². The summed E-state index contributed by atoms with van der Waals surface area (Å²) < 4.78 is 43.3. The number of carbonyl (C=O) groups excluding carboxylic acids is 2. The summed E-state index contributed by atoms with van der Waals surface area (Å²) >= 11 is 7.25. The van der Waals surface area contributed by atoms with Gasteiger partial charge in [0.2, 0.25) is 0 Å². The van der Waals surface area contributed by atoms with Crippen LogP contribution >= 0.6 is 22.9 Å². The predicted molar refractivity (Wildman–Crippen MR) is 122 cm³/mol. The fourth-order valence-corrected chi connectivity index (χ4v) is 4.58. The normalized spacial score (nSPS) is 11.7. The van der Waals surface area contributed by atoms with Crippen LogP contribution < -0.4 is 11.1 Å². The SMILES string of the molecule is NC(=O)c1ncc(-n2ncc(C(=O)Nc3cnc(-n4nccn4)c(Cl)c3)c2C(F)(F)F)c2ccsc12. The predicted octanol–water partition coefficient (Wildman–Crippen LogP) is 3.48. The van der Waals surface area contributed by atoms with E-state index in [-0.39, 0.29) is 33.3 Å². The summed E-state index contributed by atoms with van der Waals surface area (Å²) in [6.45, 7) is 0. The highest BCUT2D eigenvalue weighted by Crippen LogP contribution is 2.37. The minimum atomic E-state index is -4.97. The lowest BCUT2D eigenvalue weighted by atomic mass is 10.2. The molecule has 5 aromatic rings. The molecule has 5 heterocycles. The van der Waals surface area contributed by atoms with E-state index in [1.807, 2.05) is 0 Å². The molecule has 16 heteroatoms. The Balaban J connectivity index is 1.54. The summed E-state index contributed by atoms with van der Waals surface area (Å²) in [5.74, 6) is -1.76. The van der Waals surface area contributed by atoms with Gasteiger partial charge in [-0.25, -0.2) is 14.6 Å². The number of hydrogen-bond acceptors (Lipinski definition) is 8. The monoisotopic (exact) mass is 533 g/mol. The number of pyridine rings is 2. The van der Waals surface area contributed by atoms with E-state index in [9.17, 15) is 22.8 Å². The Morgan fingerprint density at radius 1 is 1.08 bits per heavy atom. The van der Waals surface area contributed by atoms with E-state index < -0.39 is 29.2 Å². The lowest BCUT2D eigenvalue weighted by Crippen LogP contribution is -2.21. The van der Waals surface area contributed by atoms with E-state index in [2.05, 4.69) is 30.6 Å². The quantitative estimate of drug-likeness (QED) is 0.351. The molecule has 5 rings (SSSR count). The van der Waals surface area contributed by atoms with Crippen molar-refractivity contribution in [2.75, 3.05) is 5.32 Å². The van der Waals surface area contributed by atoms with E-state index in [4.69, 9.17) is 17.3 Å². The molecule has 0 bridgehead atoms. The molecule has 0 unspecified atom stereocenters. The van der Waals surface area contributed by atoms with Crippen molar-refractivity contribution in [1.29, 1.82) is 0 Å². The number of nitrogens with zero attached hydrogens (tertiary/aromatic N) is 7. The molecule has 0 saturated carbocycles. The van der Waals surface area contributed by atoms with Crippen molar-refractivity contribution < 1.29 is 22.8 Å². The average Bonchev–Trinajstić information content (AvgIpc) is 3.58. The average molecular weight is 534 g/mol. The van der Waals surface area contributed by atoms with Gasteiger partial charge in [-0.05, 0) is 17.5 Å². The largest absolute Gasteiger partial charge is 0.434 e. The first-order chi connectivity index (χ1) is 17.1. The Hall–Kier alpha value is -4.37. The highest BCUT2D eigenvalue weighted by molar-refractivity contribution is 7.17. The number of thiophene rings is 1. The summed E-state index contributed by atoms with van der Waals surface area (Å²) in [6, 6.07) is 2.80. The molecule has 0 aliphatic rings. The number of fused-ring (bicyclic) bond motifs is 1. The topological polar surface area (TPSA) is 146 Å². The number of aromatic nitrogens is 7. The van der Waals surface area contributed by atoms with Crippen LogP contribution in [0.25, 0.3) is 21.6 Å². The summed E-state index contributed by atoms with van der Waals surface area (Å²) in [5, 5.41) is 15.8. The molecular weight excluding hydrogens is 523 g/mol. The van der Waals surface area contributed by atoms with Crippen LogP contribution in [0.3, 0.4) is 0 Å².